The standard InChI is InChI=1S/C26H22ClN3O2/c27-20-7-9-21(10-8-20)32-17-26(31)30(15-18-3-1-5-24-22(18)11-13-28-24)16-19-4-2-6-25-23(19)12-14-29-25/h1-14,28-29H,15-17H2. The summed E-state index contributed by atoms with van der Waals surface area (Å²) in [5.41, 5.74) is 4.29. The molecule has 0 saturated carbocycles. The number of H-pyrrole nitrogens is 2. The van der Waals surface area contributed by atoms with Crippen LogP contribution in [0.1, 0.15) is 11.1 Å². The number of halogens is 1. The fraction of sp³-hybridized carbons (Fsp3) is 0.115. The van der Waals surface area contributed by atoms with Crippen LogP contribution in [0.3, 0.4) is 0 Å². The molecule has 3 aromatic carbocycles. The lowest BCUT2D eigenvalue weighted by atomic mass is 10.1. The number of hydrogen-bond donors (Lipinski definition) is 2. The molecule has 32 heavy (non-hydrogen) atoms. The van der Waals surface area contributed by atoms with Gasteiger partial charge in [-0.05, 0) is 59.7 Å². The van der Waals surface area contributed by atoms with Gasteiger partial charge in [0.15, 0.2) is 6.61 Å². The van der Waals surface area contributed by atoms with E-state index in [-0.39, 0.29) is 12.5 Å². The van der Waals surface area contributed by atoms with Gasteiger partial charge in [0.25, 0.3) is 5.91 Å². The minimum Gasteiger partial charge on any atom is -0.484 e. The summed E-state index contributed by atoms with van der Waals surface area (Å²) in [5, 5.41) is 2.86. The fourth-order valence-electron chi connectivity index (χ4n) is 3.99. The van der Waals surface area contributed by atoms with Crippen LogP contribution in [0.2, 0.25) is 5.02 Å². The van der Waals surface area contributed by atoms with Crippen LogP contribution in [0.25, 0.3) is 21.8 Å². The Morgan fingerprint density at radius 3 is 1.91 bits per heavy atom. The average molecular weight is 444 g/mol. The quantitative estimate of drug-likeness (QED) is 0.328. The Morgan fingerprint density at radius 1 is 0.781 bits per heavy atom. The van der Waals surface area contributed by atoms with Crippen molar-refractivity contribution in [2.24, 2.45) is 0 Å². The maximum atomic E-state index is 13.3. The SMILES string of the molecule is O=C(COc1ccc(Cl)cc1)N(Cc1cccc2[nH]ccc12)Cc1cccc2[nH]ccc12. The highest BCUT2D eigenvalue weighted by atomic mass is 35.5. The van der Waals surface area contributed by atoms with Gasteiger partial charge in [-0.2, -0.15) is 0 Å². The number of fused-ring (bicyclic) bond motifs is 2. The molecule has 0 radical (unpaired) electrons. The second kappa shape index (κ2) is 8.81. The van der Waals surface area contributed by atoms with Crippen molar-refractivity contribution < 1.29 is 9.53 Å². The summed E-state index contributed by atoms with van der Waals surface area (Å²) in [6.45, 7) is 0.922. The smallest absolute Gasteiger partial charge is 0.261 e. The van der Waals surface area contributed by atoms with Crippen LogP contribution < -0.4 is 4.74 Å². The zero-order valence-electron chi connectivity index (χ0n) is 17.3. The Labute approximate surface area is 190 Å². The van der Waals surface area contributed by atoms with Crippen molar-refractivity contribution in [1.82, 2.24) is 14.9 Å². The summed E-state index contributed by atoms with van der Waals surface area (Å²) in [6, 6.07) is 23.3. The third kappa shape index (κ3) is 4.20. The molecule has 0 saturated heterocycles. The number of aromatic amines is 2. The topological polar surface area (TPSA) is 61.1 Å². The second-order valence-corrected chi connectivity index (χ2v) is 8.14. The van der Waals surface area contributed by atoms with Crippen LogP contribution in [-0.2, 0) is 17.9 Å². The van der Waals surface area contributed by atoms with Gasteiger partial charge in [-0.3, -0.25) is 4.79 Å². The van der Waals surface area contributed by atoms with Crippen LogP contribution in [0, 0.1) is 0 Å². The number of amides is 1. The van der Waals surface area contributed by atoms with Crippen molar-refractivity contribution in [3.05, 3.63) is 101 Å². The molecule has 5 rings (SSSR count). The first-order valence-corrected chi connectivity index (χ1v) is 10.8. The summed E-state index contributed by atoms with van der Waals surface area (Å²) in [5.74, 6) is 0.531. The number of aromatic nitrogens is 2. The van der Waals surface area contributed by atoms with E-state index < -0.39 is 0 Å². The molecule has 0 atom stereocenters. The van der Waals surface area contributed by atoms with Gasteiger partial charge in [0, 0.05) is 52.3 Å². The summed E-state index contributed by atoms with van der Waals surface area (Å²) in [6.07, 6.45) is 3.84. The molecule has 0 aliphatic carbocycles. The number of carbonyl (C=O) groups excluding carboxylic acids is 1. The van der Waals surface area contributed by atoms with E-state index in [0.29, 0.717) is 23.9 Å². The van der Waals surface area contributed by atoms with Gasteiger partial charge < -0.3 is 19.6 Å². The number of hydrogen-bond acceptors (Lipinski definition) is 2. The molecule has 0 spiro atoms. The average Bonchev–Trinajstić information content (AvgIpc) is 3.48. The predicted molar refractivity (Wildman–Crippen MR) is 128 cm³/mol. The van der Waals surface area contributed by atoms with E-state index in [4.69, 9.17) is 16.3 Å². The van der Waals surface area contributed by atoms with E-state index in [9.17, 15) is 4.79 Å². The van der Waals surface area contributed by atoms with Crippen molar-refractivity contribution in [1.29, 1.82) is 0 Å². The molecule has 0 unspecified atom stereocenters. The maximum absolute atomic E-state index is 13.3. The summed E-state index contributed by atoms with van der Waals surface area (Å²) >= 11 is 5.95. The summed E-state index contributed by atoms with van der Waals surface area (Å²) < 4.78 is 5.76. The highest BCUT2D eigenvalue weighted by Crippen LogP contribution is 2.23. The van der Waals surface area contributed by atoms with E-state index in [1.807, 2.05) is 53.7 Å². The Bertz CT molecular complexity index is 1290. The highest BCUT2D eigenvalue weighted by molar-refractivity contribution is 6.30. The van der Waals surface area contributed by atoms with Crippen molar-refractivity contribution in [2.45, 2.75) is 13.1 Å². The van der Waals surface area contributed by atoms with Crippen LogP contribution in [0.5, 0.6) is 5.75 Å². The Morgan fingerprint density at radius 2 is 1.34 bits per heavy atom. The van der Waals surface area contributed by atoms with Gasteiger partial charge in [0.1, 0.15) is 5.75 Å². The Kier molecular flexibility index (Phi) is 5.57. The van der Waals surface area contributed by atoms with Gasteiger partial charge >= 0.3 is 0 Å². The molecule has 2 aromatic heterocycles. The predicted octanol–water partition coefficient (Wildman–Crippen LogP) is 5.91. The van der Waals surface area contributed by atoms with Crippen molar-refractivity contribution in [2.75, 3.05) is 6.61 Å². The maximum Gasteiger partial charge on any atom is 0.261 e. The van der Waals surface area contributed by atoms with Crippen LogP contribution in [0.15, 0.2) is 85.2 Å². The molecule has 160 valence electrons. The normalized spacial score (nSPS) is 11.2. The Hall–Kier alpha value is -3.70. The first-order valence-electron chi connectivity index (χ1n) is 10.4. The number of carbonyl (C=O) groups is 1. The number of nitrogens with zero attached hydrogens (tertiary/aromatic N) is 1. The summed E-state index contributed by atoms with van der Waals surface area (Å²) in [7, 11) is 0. The van der Waals surface area contributed by atoms with Crippen molar-refractivity contribution >= 4 is 39.3 Å². The molecule has 6 heteroatoms. The molecule has 5 aromatic rings. The molecule has 0 aliphatic rings. The third-order valence-corrected chi connectivity index (χ3v) is 5.87. The zero-order chi connectivity index (χ0) is 21.9. The third-order valence-electron chi connectivity index (χ3n) is 5.62. The molecule has 1 amide bonds. The fourth-order valence-corrected chi connectivity index (χ4v) is 4.11. The first-order chi connectivity index (χ1) is 15.7. The monoisotopic (exact) mass is 443 g/mol. The van der Waals surface area contributed by atoms with Gasteiger partial charge in [0.2, 0.25) is 0 Å². The molecule has 0 aliphatic heterocycles. The van der Waals surface area contributed by atoms with Crippen LogP contribution in [-0.4, -0.2) is 27.4 Å². The van der Waals surface area contributed by atoms with Gasteiger partial charge in [0.05, 0.1) is 0 Å². The molecule has 0 fully saturated rings. The Balaban J connectivity index is 1.42. The zero-order valence-corrected chi connectivity index (χ0v) is 18.1. The lowest BCUT2D eigenvalue weighted by molar-refractivity contribution is -0.134. The van der Waals surface area contributed by atoms with E-state index in [1.54, 1.807) is 24.3 Å². The highest BCUT2D eigenvalue weighted by Gasteiger charge is 2.18. The number of rotatable bonds is 7. The minimum atomic E-state index is -0.0833. The van der Waals surface area contributed by atoms with Crippen molar-refractivity contribution in [3.8, 4) is 5.75 Å². The molecular weight excluding hydrogens is 422 g/mol. The summed E-state index contributed by atoms with van der Waals surface area (Å²) in [4.78, 5) is 21.6. The molecule has 0 bridgehead atoms. The van der Waals surface area contributed by atoms with Gasteiger partial charge in [-0.25, -0.2) is 0 Å². The largest absolute Gasteiger partial charge is 0.484 e. The minimum absolute atomic E-state index is 0.0478. The lowest BCUT2D eigenvalue weighted by Crippen LogP contribution is -2.34. The molecule has 5 nitrogen and oxygen atoms in total. The van der Waals surface area contributed by atoms with E-state index in [1.165, 1.54) is 0 Å². The number of nitrogens with one attached hydrogen (secondary N) is 2. The van der Waals surface area contributed by atoms with Gasteiger partial charge in [-0.15, -0.1) is 0 Å². The number of ether oxygens (including phenoxy) is 1. The van der Waals surface area contributed by atoms with E-state index in [2.05, 4.69) is 22.1 Å². The molecule has 2 heterocycles. The molecule has 2 N–H and O–H groups in total. The van der Waals surface area contributed by atoms with Gasteiger partial charge in [-0.1, -0.05) is 35.9 Å². The number of benzene rings is 3. The first kappa shape index (κ1) is 20.2. The lowest BCUT2D eigenvalue weighted by Gasteiger charge is -2.24. The van der Waals surface area contributed by atoms with Crippen LogP contribution in [0.4, 0.5) is 0 Å². The molecular formula is C26H22ClN3O2. The second-order valence-electron chi connectivity index (χ2n) is 7.70. The van der Waals surface area contributed by atoms with E-state index in [0.717, 1.165) is 32.9 Å². The van der Waals surface area contributed by atoms with Crippen LogP contribution >= 0.6 is 11.6 Å². The van der Waals surface area contributed by atoms with E-state index >= 15 is 0 Å². The van der Waals surface area contributed by atoms with Crippen molar-refractivity contribution in [3.63, 3.8) is 0 Å².